The zero-order valence-corrected chi connectivity index (χ0v) is 20.8. The van der Waals surface area contributed by atoms with Crippen molar-refractivity contribution in [2.24, 2.45) is 17.8 Å². The molecule has 0 amide bonds. The van der Waals surface area contributed by atoms with Gasteiger partial charge in [0.1, 0.15) is 10.8 Å². The Morgan fingerprint density at radius 1 is 1.06 bits per heavy atom. The van der Waals surface area contributed by atoms with Crippen LogP contribution < -0.4 is 10.6 Å². The quantitative estimate of drug-likeness (QED) is 0.428. The average molecular weight is 466 g/mol. The largest absolute Gasteiger partial charge is 0.366 e. The zero-order chi connectivity index (χ0) is 22.2. The van der Waals surface area contributed by atoms with E-state index >= 15 is 0 Å². The molecule has 5 atom stereocenters. The minimum atomic E-state index is 0.407. The molecule has 1 unspecified atom stereocenters. The Kier molecular flexibility index (Phi) is 6.12. The second-order valence-electron chi connectivity index (χ2n) is 9.27. The van der Waals surface area contributed by atoms with Crippen molar-refractivity contribution in [2.45, 2.75) is 51.8 Å². The number of allylic oxidation sites excluding steroid dienone is 1. The Balaban J connectivity index is 1.50. The lowest BCUT2D eigenvalue weighted by atomic mass is 9.93. The zero-order valence-electron chi connectivity index (χ0n) is 19.1. The Labute approximate surface area is 198 Å². The Bertz CT molecular complexity index is 1100. The first-order valence-electron chi connectivity index (χ1n) is 11.5. The number of thiazole rings is 1. The molecule has 1 aliphatic heterocycles. The summed E-state index contributed by atoms with van der Waals surface area (Å²) in [5.74, 6) is 3.62. The van der Waals surface area contributed by atoms with Gasteiger partial charge in [-0.3, -0.25) is 0 Å². The van der Waals surface area contributed by atoms with Gasteiger partial charge in [0.25, 0.3) is 0 Å². The van der Waals surface area contributed by atoms with Crippen LogP contribution in [0.4, 0.5) is 11.8 Å². The van der Waals surface area contributed by atoms with E-state index < -0.39 is 0 Å². The van der Waals surface area contributed by atoms with E-state index in [0.717, 1.165) is 47.0 Å². The molecule has 7 heteroatoms. The van der Waals surface area contributed by atoms with Gasteiger partial charge in [0.05, 0.1) is 21.5 Å². The Morgan fingerprint density at radius 2 is 1.91 bits per heavy atom. The third-order valence-corrected chi connectivity index (χ3v) is 9.31. The van der Waals surface area contributed by atoms with Crippen LogP contribution in [0, 0.1) is 24.7 Å². The van der Waals surface area contributed by atoms with Crippen molar-refractivity contribution in [3.8, 4) is 10.6 Å². The molecule has 3 heterocycles. The third-order valence-electron chi connectivity index (χ3n) is 7.16. The van der Waals surface area contributed by atoms with E-state index in [9.17, 15) is 0 Å². The van der Waals surface area contributed by atoms with Crippen molar-refractivity contribution in [3.05, 3.63) is 41.4 Å². The number of para-hydroxylation sites is 1. The Hall–Kier alpha value is -2.12. The number of hydrogen-bond acceptors (Lipinski definition) is 7. The molecular weight excluding hydrogens is 434 g/mol. The first kappa shape index (κ1) is 21.7. The van der Waals surface area contributed by atoms with Crippen molar-refractivity contribution in [1.82, 2.24) is 15.0 Å². The maximum absolute atomic E-state index is 4.99. The second kappa shape index (κ2) is 9.02. The van der Waals surface area contributed by atoms with E-state index in [1.54, 1.807) is 11.3 Å². The molecule has 1 fully saturated rings. The SMILES string of the molecule is Cc1nc(NCC2CC=CS2)nc(N[C@@H]2C[C@H](C)[C@@H](C)[C@H]2C)c1-c1nc2ccccc2s1. The van der Waals surface area contributed by atoms with Gasteiger partial charge in [-0.15, -0.1) is 23.1 Å². The van der Waals surface area contributed by atoms with Crippen LogP contribution in [0.3, 0.4) is 0 Å². The fourth-order valence-electron chi connectivity index (χ4n) is 4.84. The lowest BCUT2D eigenvalue weighted by Crippen LogP contribution is -2.26. The number of fused-ring (bicyclic) bond motifs is 1. The molecule has 32 heavy (non-hydrogen) atoms. The predicted octanol–water partition coefficient (Wildman–Crippen LogP) is 6.59. The van der Waals surface area contributed by atoms with Crippen molar-refractivity contribution < 1.29 is 0 Å². The highest BCUT2D eigenvalue weighted by Crippen LogP contribution is 2.41. The molecule has 1 aliphatic carbocycles. The molecule has 2 N–H and O–H groups in total. The minimum absolute atomic E-state index is 0.407. The molecule has 0 spiro atoms. The monoisotopic (exact) mass is 465 g/mol. The fraction of sp³-hybridized carbons (Fsp3) is 0.480. The minimum Gasteiger partial charge on any atom is -0.366 e. The van der Waals surface area contributed by atoms with Crippen LogP contribution in [-0.4, -0.2) is 32.8 Å². The van der Waals surface area contributed by atoms with Gasteiger partial charge in [0.2, 0.25) is 5.95 Å². The number of aromatic nitrogens is 3. The summed E-state index contributed by atoms with van der Waals surface area (Å²) in [5.41, 5.74) is 3.03. The lowest BCUT2D eigenvalue weighted by molar-refractivity contribution is 0.374. The highest BCUT2D eigenvalue weighted by atomic mass is 32.2. The topological polar surface area (TPSA) is 62.7 Å². The molecule has 2 aromatic heterocycles. The van der Waals surface area contributed by atoms with Crippen molar-refractivity contribution in [2.75, 3.05) is 17.2 Å². The van der Waals surface area contributed by atoms with Gasteiger partial charge >= 0.3 is 0 Å². The summed E-state index contributed by atoms with van der Waals surface area (Å²) < 4.78 is 1.19. The lowest BCUT2D eigenvalue weighted by Gasteiger charge is -2.23. The molecule has 1 saturated carbocycles. The van der Waals surface area contributed by atoms with Gasteiger partial charge in [-0.2, -0.15) is 4.98 Å². The van der Waals surface area contributed by atoms with Crippen molar-refractivity contribution in [3.63, 3.8) is 0 Å². The van der Waals surface area contributed by atoms with Crippen LogP contribution in [-0.2, 0) is 0 Å². The van der Waals surface area contributed by atoms with Crippen molar-refractivity contribution >= 4 is 45.1 Å². The summed E-state index contributed by atoms with van der Waals surface area (Å²) in [6.45, 7) is 10.0. The van der Waals surface area contributed by atoms with E-state index in [0.29, 0.717) is 35.0 Å². The summed E-state index contributed by atoms with van der Waals surface area (Å²) in [6, 6.07) is 8.72. The van der Waals surface area contributed by atoms with Crippen molar-refractivity contribution in [1.29, 1.82) is 0 Å². The molecule has 168 valence electrons. The fourth-order valence-corrected chi connectivity index (χ4v) is 6.75. The summed E-state index contributed by atoms with van der Waals surface area (Å²) >= 11 is 3.59. The molecule has 3 aromatic rings. The first-order valence-corrected chi connectivity index (χ1v) is 13.3. The summed E-state index contributed by atoms with van der Waals surface area (Å²) in [4.78, 5) is 14.8. The van der Waals surface area contributed by atoms with Crippen LogP contribution in [0.1, 0.15) is 39.3 Å². The van der Waals surface area contributed by atoms with Crippen LogP contribution in [0.15, 0.2) is 35.7 Å². The van der Waals surface area contributed by atoms with E-state index in [2.05, 4.69) is 68.0 Å². The van der Waals surface area contributed by atoms with Gasteiger partial charge in [0, 0.05) is 17.8 Å². The number of rotatable bonds is 6. The summed E-state index contributed by atoms with van der Waals surface area (Å²) in [6.07, 6.45) is 4.49. The van der Waals surface area contributed by atoms with Gasteiger partial charge in [-0.05, 0) is 55.1 Å². The molecule has 2 aliphatic rings. The number of nitrogens with one attached hydrogen (secondary N) is 2. The van der Waals surface area contributed by atoms with Crippen LogP contribution in [0.5, 0.6) is 0 Å². The number of hydrogen-bond donors (Lipinski definition) is 2. The van der Waals surface area contributed by atoms with Gasteiger partial charge in [-0.25, -0.2) is 9.97 Å². The van der Waals surface area contributed by atoms with Crippen LogP contribution >= 0.6 is 23.1 Å². The predicted molar refractivity (Wildman–Crippen MR) is 139 cm³/mol. The van der Waals surface area contributed by atoms with Crippen LogP contribution in [0.25, 0.3) is 20.8 Å². The number of anilines is 2. The third kappa shape index (κ3) is 4.25. The molecule has 1 aromatic carbocycles. The summed E-state index contributed by atoms with van der Waals surface area (Å²) in [5, 5.41) is 11.0. The number of thioether (sulfide) groups is 1. The van der Waals surface area contributed by atoms with Gasteiger partial charge in [-0.1, -0.05) is 39.0 Å². The summed E-state index contributed by atoms with van der Waals surface area (Å²) in [7, 11) is 0. The number of aryl methyl sites for hydroxylation is 1. The van der Waals surface area contributed by atoms with E-state index in [1.165, 1.54) is 4.70 Å². The second-order valence-corrected chi connectivity index (χ2v) is 11.5. The van der Waals surface area contributed by atoms with Gasteiger partial charge < -0.3 is 10.6 Å². The highest BCUT2D eigenvalue weighted by molar-refractivity contribution is 8.03. The number of nitrogens with zero attached hydrogens (tertiary/aromatic N) is 3. The molecular formula is C25H31N5S2. The van der Waals surface area contributed by atoms with E-state index in [4.69, 9.17) is 15.0 Å². The molecule has 0 bridgehead atoms. The van der Waals surface area contributed by atoms with Gasteiger partial charge in [0.15, 0.2) is 0 Å². The smallest absolute Gasteiger partial charge is 0.224 e. The molecule has 5 rings (SSSR count). The number of benzene rings is 1. The normalized spacial score (nSPS) is 27.3. The first-order chi connectivity index (χ1) is 15.5. The molecule has 5 nitrogen and oxygen atoms in total. The molecule has 0 saturated heterocycles. The maximum atomic E-state index is 4.99. The highest BCUT2D eigenvalue weighted by Gasteiger charge is 2.36. The standard InChI is InChI=1S/C25H31N5S2/c1-14-12-20(16(3)15(14)2)28-23-22(24-29-19-9-5-6-10-21(19)32-24)17(4)27-25(30-23)26-13-18-8-7-11-31-18/h5-7,9-11,14-16,18,20H,8,12-13H2,1-4H3,(H2,26,27,28,30)/t14-,15+,16+,18?,20+/m0/s1. The van der Waals surface area contributed by atoms with E-state index in [-0.39, 0.29) is 0 Å². The Morgan fingerprint density at radius 3 is 2.62 bits per heavy atom. The maximum Gasteiger partial charge on any atom is 0.224 e. The van der Waals surface area contributed by atoms with Crippen LogP contribution in [0.2, 0.25) is 0 Å². The van der Waals surface area contributed by atoms with E-state index in [1.807, 2.05) is 17.8 Å². The molecule has 0 radical (unpaired) electrons. The average Bonchev–Trinajstić information content (AvgIpc) is 3.49.